The van der Waals surface area contributed by atoms with Crippen LogP contribution in [0.5, 0.6) is 0 Å². The molecule has 0 spiro atoms. The smallest absolute Gasteiger partial charge is 0.313 e. The summed E-state index contributed by atoms with van der Waals surface area (Å²) in [5.74, 6) is 0. The predicted molar refractivity (Wildman–Crippen MR) is 82.6 cm³/mol. The van der Waals surface area contributed by atoms with Gasteiger partial charge in [0, 0.05) is 17.1 Å². The third-order valence-corrected chi connectivity index (χ3v) is 5.35. The van der Waals surface area contributed by atoms with Crippen molar-refractivity contribution in [2.24, 2.45) is 0 Å². The highest BCUT2D eigenvalue weighted by molar-refractivity contribution is 9.10. The molecule has 0 saturated carbocycles. The molecule has 2 rings (SSSR count). The summed E-state index contributed by atoms with van der Waals surface area (Å²) in [4.78, 5) is -0.393. The summed E-state index contributed by atoms with van der Waals surface area (Å²) in [6, 6.07) is 2.89. The van der Waals surface area contributed by atoms with Crippen LogP contribution in [0.3, 0.4) is 0 Å². The van der Waals surface area contributed by atoms with Crippen LogP contribution in [-0.4, -0.2) is 27.5 Å². The topological polar surface area (TPSA) is 58.2 Å². The molecule has 0 aliphatic carbocycles. The maximum atomic E-state index is 12.8. The molecule has 10 heteroatoms. The van der Waals surface area contributed by atoms with Crippen LogP contribution in [0.2, 0.25) is 0 Å². The molecule has 4 nitrogen and oxygen atoms in total. The van der Waals surface area contributed by atoms with Gasteiger partial charge in [0.05, 0.1) is 10.5 Å². The Bertz CT molecular complexity index is 619. The molecule has 1 aliphatic heterocycles. The molecular weight excluding hydrogens is 409 g/mol. The van der Waals surface area contributed by atoms with Gasteiger partial charge in [-0.15, -0.1) is 12.4 Å². The van der Waals surface area contributed by atoms with Crippen LogP contribution < -0.4 is 10.0 Å². The van der Waals surface area contributed by atoms with E-state index in [1.54, 1.807) is 0 Å². The Morgan fingerprint density at radius 1 is 1.36 bits per heavy atom. The van der Waals surface area contributed by atoms with Gasteiger partial charge in [-0.05, 0) is 37.6 Å². The van der Waals surface area contributed by atoms with Gasteiger partial charge in [0.1, 0.15) is 0 Å². The average molecular weight is 424 g/mol. The van der Waals surface area contributed by atoms with Crippen molar-refractivity contribution in [1.82, 2.24) is 10.0 Å². The van der Waals surface area contributed by atoms with Crippen LogP contribution in [0.15, 0.2) is 27.6 Å². The van der Waals surface area contributed by atoms with E-state index < -0.39 is 26.7 Å². The molecule has 1 saturated heterocycles. The number of benzene rings is 1. The molecule has 1 atom stereocenters. The lowest BCUT2D eigenvalue weighted by Crippen LogP contribution is -2.37. The maximum absolute atomic E-state index is 12.8. The van der Waals surface area contributed by atoms with E-state index in [9.17, 15) is 21.6 Å². The summed E-state index contributed by atoms with van der Waals surface area (Å²) in [6.07, 6.45) is -2.81. The fourth-order valence-electron chi connectivity index (χ4n) is 2.11. The Hall–Kier alpha value is -0.350. The van der Waals surface area contributed by atoms with Gasteiger partial charge in [-0.1, -0.05) is 15.9 Å². The van der Waals surface area contributed by atoms with E-state index in [1.165, 1.54) is 0 Å². The van der Waals surface area contributed by atoms with E-state index >= 15 is 0 Å². The number of alkyl halides is 3. The molecule has 1 unspecified atom stereocenters. The van der Waals surface area contributed by atoms with Crippen molar-refractivity contribution in [3.05, 3.63) is 28.2 Å². The van der Waals surface area contributed by atoms with Gasteiger partial charge in [0.15, 0.2) is 0 Å². The van der Waals surface area contributed by atoms with E-state index in [4.69, 9.17) is 0 Å². The largest absolute Gasteiger partial charge is 0.417 e. The van der Waals surface area contributed by atoms with Crippen LogP contribution in [0.1, 0.15) is 18.4 Å². The first-order chi connectivity index (χ1) is 9.70. The molecule has 1 heterocycles. The highest BCUT2D eigenvalue weighted by Gasteiger charge is 2.34. The molecule has 1 aromatic carbocycles. The Morgan fingerprint density at radius 2 is 2.05 bits per heavy atom. The van der Waals surface area contributed by atoms with Crippen LogP contribution in [0, 0.1) is 0 Å². The van der Waals surface area contributed by atoms with Crippen molar-refractivity contribution in [3.63, 3.8) is 0 Å². The second kappa shape index (κ2) is 7.48. The van der Waals surface area contributed by atoms with Gasteiger partial charge in [-0.25, -0.2) is 13.1 Å². The number of hydrogen-bond donors (Lipinski definition) is 2. The molecule has 0 bridgehead atoms. The number of halogens is 5. The van der Waals surface area contributed by atoms with E-state index in [-0.39, 0.29) is 29.5 Å². The summed E-state index contributed by atoms with van der Waals surface area (Å²) >= 11 is 2.78. The van der Waals surface area contributed by atoms with Crippen LogP contribution in [-0.2, 0) is 16.2 Å². The first-order valence-corrected chi connectivity index (χ1v) is 8.57. The molecular formula is C12H15BrClF3N2O2S. The minimum atomic E-state index is -4.61. The van der Waals surface area contributed by atoms with Crippen molar-refractivity contribution in [1.29, 1.82) is 0 Å². The third kappa shape index (κ3) is 4.82. The molecule has 0 amide bonds. The monoisotopic (exact) mass is 422 g/mol. The molecule has 22 heavy (non-hydrogen) atoms. The summed E-state index contributed by atoms with van der Waals surface area (Å²) in [5, 5.41) is 3.11. The van der Waals surface area contributed by atoms with Crippen LogP contribution in [0.25, 0.3) is 0 Å². The fraction of sp³-hybridized carbons (Fsp3) is 0.500. The van der Waals surface area contributed by atoms with Gasteiger partial charge in [0.2, 0.25) is 10.0 Å². The highest BCUT2D eigenvalue weighted by atomic mass is 79.9. The van der Waals surface area contributed by atoms with E-state index in [2.05, 4.69) is 26.0 Å². The van der Waals surface area contributed by atoms with E-state index in [0.717, 1.165) is 31.5 Å². The SMILES string of the molecule is Cl.O=S(=O)(NCC1CCCN1)c1ccc(Br)c(C(F)(F)F)c1. The maximum Gasteiger partial charge on any atom is 0.417 e. The number of rotatable bonds is 4. The fourth-order valence-corrected chi connectivity index (χ4v) is 3.69. The zero-order valence-electron chi connectivity index (χ0n) is 11.3. The van der Waals surface area contributed by atoms with Gasteiger partial charge >= 0.3 is 6.18 Å². The van der Waals surface area contributed by atoms with Gasteiger partial charge in [-0.3, -0.25) is 0 Å². The van der Waals surface area contributed by atoms with Crippen molar-refractivity contribution in [2.45, 2.75) is 30.0 Å². The van der Waals surface area contributed by atoms with Gasteiger partial charge < -0.3 is 5.32 Å². The summed E-state index contributed by atoms with van der Waals surface area (Å²) in [6.45, 7) is 0.989. The Labute approximate surface area is 141 Å². The van der Waals surface area contributed by atoms with E-state index in [1.807, 2.05) is 0 Å². The average Bonchev–Trinajstić information content (AvgIpc) is 2.88. The minimum absolute atomic E-state index is 0. The first-order valence-electron chi connectivity index (χ1n) is 6.30. The summed E-state index contributed by atoms with van der Waals surface area (Å²) in [5.41, 5.74) is -1.01. The number of hydrogen-bond acceptors (Lipinski definition) is 3. The molecule has 126 valence electrons. The lowest BCUT2D eigenvalue weighted by Gasteiger charge is -2.14. The van der Waals surface area contributed by atoms with Crippen molar-refractivity contribution in [2.75, 3.05) is 13.1 Å². The zero-order valence-corrected chi connectivity index (χ0v) is 14.5. The Morgan fingerprint density at radius 3 is 2.59 bits per heavy atom. The molecule has 1 fully saturated rings. The number of nitrogens with one attached hydrogen (secondary N) is 2. The molecule has 0 radical (unpaired) electrons. The van der Waals surface area contributed by atoms with Gasteiger partial charge in [0.25, 0.3) is 0 Å². The zero-order chi connectivity index (χ0) is 15.7. The lowest BCUT2D eigenvalue weighted by atomic mass is 10.2. The van der Waals surface area contributed by atoms with Crippen molar-refractivity contribution >= 4 is 38.4 Å². The van der Waals surface area contributed by atoms with E-state index in [0.29, 0.717) is 6.07 Å². The Balaban J connectivity index is 0.00000242. The van der Waals surface area contributed by atoms with Crippen molar-refractivity contribution < 1.29 is 21.6 Å². The molecule has 1 aliphatic rings. The first kappa shape index (κ1) is 19.7. The van der Waals surface area contributed by atoms with Gasteiger partial charge in [-0.2, -0.15) is 13.2 Å². The van der Waals surface area contributed by atoms with Crippen LogP contribution >= 0.6 is 28.3 Å². The second-order valence-corrected chi connectivity index (χ2v) is 7.41. The highest BCUT2D eigenvalue weighted by Crippen LogP contribution is 2.36. The quantitative estimate of drug-likeness (QED) is 0.783. The van der Waals surface area contributed by atoms with Crippen molar-refractivity contribution in [3.8, 4) is 0 Å². The van der Waals surface area contributed by atoms with Crippen LogP contribution in [0.4, 0.5) is 13.2 Å². The predicted octanol–water partition coefficient (Wildman–Crippen LogP) is 2.92. The standard InChI is InChI=1S/C12H14BrF3N2O2S.ClH/c13-11-4-3-9(6-10(11)12(14,15)16)21(19,20)18-7-8-2-1-5-17-8;/h3-4,6,8,17-18H,1-2,5,7H2;1H. The Kier molecular flexibility index (Phi) is 6.70. The summed E-state index contributed by atoms with van der Waals surface area (Å²) < 4.78 is 64.6. The minimum Gasteiger partial charge on any atom is -0.313 e. The lowest BCUT2D eigenvalue weighted by molar-refractivity contribution is -0.138. The normalized spacial score (nSPS) is 19.0. The molecule has 1 aromatic rings. The molecule has 2 N–H and O–H groups in total. The third-order valence-electron chi connectivity index (χ3n) is 3.24. The number of sulfonamides is 1. The second-order valence-electron chi connectivity index (χ2n) is 4.78. The molecule has 0 aromatic heterocycles. The summed E-state index contributed by atoms with van der Waals surface area (Å²) in [7, 11) is -3.96.